The maximum Gasteiger partial charge on any atom is 0.228 e. The SMILES string of the molecule is COCCn1c(CNCC2CCCO2)cnc1S(=O)(=O)Cc1ccc(C)cc1. The molecule has 1 aromatic heterocycles. The minimum atomic E-state index is -3.56. The standard InChI is InChI=1S/C20H29N3O4S/c1-16-5-7-17(8-6-16)15-28(24,25)20-22-13-18(23(20)9-11-26-2)12-21-14-19-4-3-10-27-19/h5-8,13,19,21H,3-4,9-12,14-15H2,1-2H3. The van der Waals surface area contributed by atoms with Crippen LogP contribution in [-0.4, -0.2) is 50.9 Å². The van der Waals surface area contributed by atoms with Crippen LogP contribution >= 0.6 is 0 Å². The second-order valence-electron chi connectivity index (χ2n) is 7.19. The number of aryl methyl sites for hydroxylation is 1. The fraction of sp³-hybridized carbons (Fsp3) is 0.550. The molecule has 0 spiro atoms. The van der Waals surface area contributed by atoms with Crippen molar-refractivity contribution in [2.24, 2.45) is 0 Å². The number of sulfone groups is 1. The van der Waals surface area contributed by atoms with Gasteiger partial charge in [-0.05, 0) is 25.3 Å². The van der Waals surface area contributed by atoms with Crippen LogP contribution in [0.15, 0.2) is 35.6 Å². The summed E-state index contributed by atoms with van der Waals surface area (Å²) in [7, 11) is -1.96. The van der Waals surface area contributed by atoms with E-state index in [4.69, 9.17) is 9.47 Å². The highest BCUT2D eigenvalue weighted by Crippen LogP contribution is 2.18. The van der Waals surface area contributed by atoms with Crippen molar-refractivity contribution in [1.29, 1.82) is 0 Å². The van der Waals surface area contributed by atoms with Crippen molar-refractivity contribution < 1.29 is 17.9 Å². The summed E-state index contributed by atoms with van der Waals surface area (Å²) < 4.78 is 38.5. The monoisotopic (exact) mass is 407 g/mol. The molecule has 3 rings (SSSR count). The van der Waals surface area contributed by atoms with Crippen LogP contribution in [0.3, 0.4) is 0 Å². The van der Waals surface area contributed by atoms with Gasteiger partial charge in [0, 0.05) is 33.4 Å². The van der Waals surface area contributed by atoms with Crippen molar-refractivity contribution in [3.63, 3.8) is 0 Å². The van der Waals surface area contributed by atoms with Crippen LogP contribution in [0.2, 0.25) is 0 Å². The van der Waals surface area contributed by atoms with E-state index in [1.165, 1.54) is 0 Å². The Labute approximate surface area is 167 Å². The molecule has 0 bridgehead atoms. The second-order valence-corrected chi connectivity index (χ2v) is 9.07. The number of rotatable bonds is 10. The van der Waals surface area contributed by atoms with Crippen LogP contribution in [0.4, 0.5) is 0 Å². The van der Waals surface area contributed by atoms with E-state index in [2.05, 4.69) is 10.3 Å². The van der Waals surface area contributed by atoms with Crippen LogP contribution in [0.25, 0.3) is 0 Å². The maximum atomic E-state index is 13.0. The molecule has 7 nitrogen and oxygen atoms in total. The third-order valence-corrected chi connectivity index (χ3v) is 6.47. The van der Waals surface area contributed by atoms with Crippen molar-refractivity contribution in [3.05, 3.63) is 47.3 Å². The largest absolute Gasteiger partial charge is 0.383 e. The van der Waals surface area contributed by atoms with Crippen molar-refractivity contribution >= 4 is 9.84 Å². The molecule has 1 aliphatic rings. The zero-order chi connectivity index (χ0) is 20.0. The van der Waals surface area contributed by atoms with Crippen LogP contribution in [0.1, 0.15) is 29.7 Å². The molecule has 154 valence electrons. The molecule has 1 atom stereocenters. The van der Waals surface area contributed by atoms with Gasteiger partial charge in [-0.25, -0.2) is 13.4 Å². The Morgan fingerprint density at radius 2 is 2.11 bits per heavy atom. The zero-order valence-electron chi connectivity index (χ0n) is 16.6. The third-order valence-electron chi connectivity index (χ3n) is 4.88. The van der Waals surface area contributed by atoms with Crippen molar-refractivity contribution in [2.75, 3.05) is 26.9 Å². The average Bonchev–Trinajstić information content (AvgIpc) is 3.32. The van der Waals surface area contributed by atoms with E-state index < -0.39 is 9.84 Å². The predicted molar refractivity (Wildman–Crippen MR) is 107 cm³/mol. The lowest BCUT2D eigenvalue weighted by molar-refractivity contribution is 0.109. The highest BCUT2D eigenvalue weighted by atomic mass is 32.2. The Bertz CT molecular complexity index is 856. The van der Waals surface area contributed by atoms with E-state index in [0.29, 0.717) is 19.7 Å². The van der Waals surface area contributed by atoms with E-state index in [-0.39, 0.29) is 17.0 Å². The van der Waals surface area contributed by atoms with Crippen molar-refractivity contribution in [1.82, 2.24) is 14.9 Å². The van der Waals surface area contributed by atoms with E-state index in [0.717, 1.165) is 42.8 Å². The predicted octanol–water partition coefficient (Wildman–Crippen LogP) is 2.08. The molecule has 0 radical (unpaired) electrons. The van der Waals surface area contributed by atoms with Gasteiger partial charge < -0.3 is 19.4 Å². The quantitative estimate of drug-likeness (QED) is 0.649. The first kappa shape index (κ1) is 21.0. The molecular weight excluding hydrogens is 378 g/mol. The molecule has 8 heteroatoms. The maximum absolute atomic E-state index is 13.0. The Morgan fingerprint density at radius 1 is 1.32 bits per heavy atom. The van der Waals surface area contributed by atoms with Gasteiger partial charge in [0.05, 0.1) is 30.4 Å². The highest BCUT2D eigenvalue weighted by molar-refractivity contribution is 7.90. The first-order valence-electron chi connectivity index (χ1n) is 9.63. The van der Waals surface area contributed by atoms with Crippen molar-refractivity contribution in [2.45, 2.75) is 49.9 Å². The number of methoxy groups -OCH3 is 1. The van der Waals surface area contributed by atoms with Gasteiger partial charge in [-0.3, -0.25) is 0 Å². The van der Waals surface area contributed by atoms with Crippen LogP contribution in [-0.2, 0) is 38.2 Å². The van der Waals surface area contributed by atoms with Gasteiger partial charge in [-0.15, -0.1) is 0 Å². The van der Waals surface area contributed by atoms with Gasteiger partial charge in [0.15, 0.2) is 0 Å². The molecule has 2 aromatic rings. The topological polar surface area (TPSA) is 82.4 Å². The van der Waals surface area contributed by atoms with E-state index in [1.807, 2.05) is 31.2 Å². The fourth-order valence-corrected chi connectivity index (χ4v) is 4.86. The van der Waals surface area contributed by atoms with E-state index >= 15 is 0 Å². The first-order valence-corrected chi connectivity index (χ1v) is 11.3. The fourth-order valence-electron chi connectivity index (χ4n) is 3.34. The van der Waals surface area contributed by atoms with E-state index in [1.54, 1.807) is 17.9 Å². The molecule has 2 heterocycles. The molecule has 0 aliphatic carbocycles. The van der Waals surface area contributed by atoms with Crippen LogP contribution in [0.5, 0.6) is 0 Å². The van der Waals surface area contributed by atoms with Gasteiger partial charge in [0.1, 0.15) is 0 Å². The summed E-state index contributed by atoms with van der Waals surface area (Å²) in [6.45, 7) is 4.95. The van der Waals surface area contributed by atoms with Crippen LogP contribution < -0.4 is 5.32 Å². The number of hydrogen-bond donors (Lipinski definition) is 1. The molecule has 1 aromatic carbocycles. The summed E-state index contributed by atoms with van der Waals surface area (Å²) in [5, 5.41) is 3.46. The smallest absolute Gasteiger partial charge is 0.228 e. The number of ether oxygens (including phenoxy) is 2. The highest BCUT2D eigenvalue weighted by Gasteiger charge is 2.24. The number of nitrogens with zero attached hydrogens (tertiary/aromatic N) is 2. The summed E-state index contributed by atoms with van der Waals surface area (Å²) in [5.41, 5.74) is 2.69. The number of imidazole rings is 1. The lowest BCUT2D eigenvalue weighted by atomic mass is 10.2. The molecule has 1 fully saturated rings. The van der Waals surface area contributed by atoms with Gasteiger partial charge in [-0.2, -0.15) is 0 Å². The third kappa shape index (κ3) is 5.41. The summed E-state index contributed by atoms with van der Waals surface area (Å²) in [5.74, 6) is -0.0694. The molecule has 1 unspecified atom stereocenters. The zero-order valence-corrected chi connectivity index (χ0v) is 17.4. The molecule has 28 heavy (non-hydrogen) atoms. The Balaban J connectivity index is 1.74. The second kappa shape index (κ2) is 9.65. The average molecular weight is 408 g/mol. The molecule has 1 N–H and O–H groups in total. The minimum absolute atomic E-state index is 0.0694. The number of hydrogen-bond acceptors (Lipinski definition) is 6. The number of aromatic nitrogens is 2. The number of benzene rings is 1. The summed E-state index contributed by atoms with van der Waals surface area (Å²) in [6.07, 6.45) is 4.03. The lowest BCUT2D eigenvalue weighted by Crippen LogP contribution is -2.27. The molecule has 0 saturated carbocycles. The summed E-state index contributed by atoms with van der Waals surface area (Å²) >= 11 is 0. The molecular formula is C20H29N3O4S. The number of nitrogens with one attached hydrogen (secondary N) is 1. The molecule has 1 saturated heterocycles. The summed E-state index contributed by atoms with van der Waals surface area (Å²) in [6, 6.07) is 7.53. The van der Waals surface area contributed by atoms with E-state index in [9.17, 15) is 8.42 Å². The van der Waals surface area contributed by atoms with Gasteiger partial charge in [0.2, 0.25) is 15.0 Å². The van der Waals surface area contributed by atoms with Crippen molar-refractivity contribution in [3.8, 4) is 0 Å². The Hall–Kier alpha value is -1.74. The molecule has 1 aliphatic heterocycles. The van der Waals surface area contributed by atoms with Gasteiger partial charge >= 0.3 is 0 Å². The first-order chi connectivity index (χ1) is 13.5. The van der Waals surface area contributed by atoms with Crippen LogP contribution in [0, 0.1) is 6.92 Å². The summed E-state index contributed by atoms with van der Waals surface area (Å²) in [4.78, 5) is 4.25. The van der Waals surface area contributed by atoms with Gasteiger partial charge in [0.25, 0.3) is 0 Å². The van der Waals surface area contributed by atoms with Gasteiger partial charge in [-0.1, -0.05) is 29.8 Å². The molecule has 0 amide bonds. The Kier molecular flexibility index (Phi) is 7.23. The lowest BCUT2D eigenvalue weighted by Gasteiger charge is -2.14. The normalized spacial score (nSPS) is 17.3. The minimum Gasteiger partial charge on any atom is -0.383 e. The Morgan fingerprint density at radius 3 is 2.79 bits per heavy atom.